The first-order valence-corrected chi connectivity index (χ1v) is 9.12. The van der Waals surface area contributed by atoms with Crippen molar-refractivity contribution in [2.45, 2.75) is 57.8 Å². The molecule has 2 aromatic rings. The van der Waals surface area contributed by atoms with Crippen LogP contribution in [0.15, 0.2) is 30.3 Å². The number of halogens is 2. The fourth-order valence-electron chi connectivity index (χ4n) is 3.77. The van der Waals surface area contributed by atoms with Crippen LogP contribution in [0, 0.1) is 23.0 Å². The summed E-state index contributed by atoms with van der Waals surface area (Å²) in [5.74, 6) is -0.547. The number of aryl methyl sites for hydroxylation is 2. The lowest BCUT2D eigenvalue weighted by Gasteiger charge is -2.26. The average molecular weight is 339 g/mol. The van der Waals surface area contributed by atoms with E-state index in [0.29, 0.717) is 6.42 Å². The Hall–Kier alpha value is -2.21. The third kappa shape index (κ3) is 3.90. The van der Waals surface area contributed by atoms with Crippen molar-refractivity contribution in [1.29, 1.82) is 5.26 Å². The van der Waals surface area contributed by atoms with E-state index in [1.54, 1.807) is 12.1 Å². The molecule has 25 heavy (non-hydrogen) atoms. The van der Waals surface area contributed by atoms with Gasteiger partial charge in [0.05, 0.1) is 5.56 Å². The Morgan fingerprint density at radius 2 is 1.92 bits per heavy atom. The fourth-order valence-corrected chi connectivity index (χ4v) is 3.77. The smallest absolute Gasteiger partial charge is 0.141 e. The SMILES string of the molecule is CCCCCc1ccc(C2CCc3cc(C#N)c(F)cc3C2)c(F)c1. The van der Waals surface area contributed by atoms with Crippen molar-refractivity contribution in [3.05, 3.63) is 69.8 Å². The van der Waals surface area contributed by atoms with Crippen LogP contribution < -0.4 is 0 Å². The minimum atomic E-state index is -0.478. The molecule has 1 unspecified atom stereocenters. The van der Waals surface area contributed by atoms with Crippen molar-refractivity contribution >= 4 is 0 Å². The molecular formula is C22H23F2N. The van der Waals surface area contributed by atoms with E-state index in [9.17, 15) is 8.78 Å². The van der Waals surface area contributed by atoms with Gasteiger partial charge < -0.3 is 0 Å². The van der Waals surface area contributed by atoms with Crippen LogP contribution in [0.5, 0.6) is 0 Å². The van der Waals surface area contributed by atoms with E-state index in [-0.39, 0.29) is 17.3 Å². The standard InChI is InChI=1S/C22H23F2N/c1-2-3-4-5-15-6-9-20(22(24)10-15)17-8-7-16-11-19(14-25)21(23)13-18(16)12-17/h6,9-11,13,17H,2-5,7-8,12H2,1H3. The van der Waals surface area contributed by atoms with E-state index in [0.717, 1.165) is 54.4 Å². The van der Waals surface area contributed by atoms with Gasteiger partial charge in [-0.2, -0.15) is 5.26 Å². The summed E-state index contributed by atoms with van der Waals surface area (Å²) in [5, 5.41) is 8.95. The number of rotatable bonds is 5. The second-order valence-corrected chi connectivity index (χ2v) is 6.97. The van der Waals surface area contributed by atoms with Gasteiger partial charge in [-0.1, -0.05) is 31.9 Å². The van der Waals surface area contributed by atoms with Crippen molar-refractivity contribution in [3.63, 3.8) is 0 Å². The molecule has 0 fully saturated rings. The predicted molar refractivity (Wildman–Crippen MR) is 95.5 cm³/mol. The Balaban J connectivity index is 1.77. The minimum Gasteiger partial charge on any atom is -0.207 e. The molecular weight excluding hydrogens is 316 g/mol. The van der Waals surface area contributed by atoms with E-state index >= 15 is 0 Å². The molecule has 0 radical (unpaired) electrons. The van der Waals surface area contributed by atoms with Gasteiger partial charge in [-0.15, -0.1) is 0 Å². The maximum Gasteiger partial charge on any atom is 0.141 e. The van der Waals surface area contributed by atoms with Crippen LogP contribution >= 0.6 is 0 Å². The molecule has 0 N–H and O–H groups in total. The Morgan fingerprint density at radius 1 is 1.08 bits per heavy atom. The van der Waals surface area contributed by atoms with Crippen molar-refractivity contribution in [1.82, 2.24) is 0 Å². The number of nitriles is 1. The molecule has 1 aliphatic rings. The van der Waals surface area contributed by atoms with Crippen LogP contribution in [0.3, 0.4) is 0 Å². The molecule has 0 saturated heterocycles. The summed E-state index contributed by atoms with van der Waals surface area (Å²) in [7, 11) is 0. The first-order valence-electron chi connectivity index (χ1n) is 9.12. The van der Waals surface area contributed by atoms with E-state index < -0.39 is 5.82 Å². The lowest BCUT2D eigenvalue weighted by atomic mass is 9.79. The highest BCUT2D eigenvalue weighted by atomic mass is 19.1. The lowest BCUT2D eigenvalue weighted by molar-refractivity contribution is 0.528. The summed E-state index contributed by atoms with van der Waals surface area (Å²) in [4.78, 5) is 0. The zero-order valence-corrected chi connectivity index (χ0v) is 14.6. The quantitative estimate of drug-likeness (QED) is 0.628. The fraction of sp³-hybridized carbons (Fsp3) is 0.409. The van der Waals surface area contributed by atoms with Gasteiger partial charge in [0.15, 0.2) is 0 Å². The Labute approximate surface area is 148 Å². The van der Waals surface area contributed by atoms with Gasteiger partial charge in [-0.25, -0.2) is 8.78 Å². The molecule has 0 aliphatic heterocycles. The molecule has 2 aromatic carbocycles. The van der Waals surface area contributed by atoms with Gasteiger partial charge >= 0.3 is 0 Å². The summed E-state index contributed by atoms with van der Waals surface area (Å²) in [6, 6.07) is 10.6. The Morgan fingerprint density at radius 3 is 2.64 bits per heavy atom. The zero-order chi connectivity index (χ0) is 17.8. The lowest BCUT2D eigenvalue weighted by Crippen LogP contribution is -2.15. The van der Waals surface area contributed by atoms with Gasteiger partial charge in [-0.3, -0.25) is 0 Å². The maximum absolute atomic E-state index is 14.6. The van der Waals surface area contributed by atoms with Crippen LogP contribution in [0.2, 0.25) is 0 Å². The summed E-state index contributed by atoms with van der Waals surface area (Å²) in [5.41, 5.74) is 3.80. The van der Waals surface area contributed by atoms with Gasteiger partial charge in [0.1, 0.15) is 17.7 Å². The van der Waals surface area contributed by atoms with Crippen LogP contribution in [-0.4, -0.2) is 0 Å². The zero-order valence-electron chi connectivity index (χ0n) is 14.6. The van der Waals surface area contributed by atoms with E-state index in [2.05, 4.69) is 6.92 Å². The van der Waals surface area contributed by atoms with E-state index in [4.69, 9.17) is 5.26 Å². The van der Waals surface area contributed by atoms with Crippen molar-refractivity contribution in [2.75, 3.05) is 0 Å². The van der Waals surface area contributed by atoms with Crippen LogP contribution in [0.4, 0.5) is 8.78 Å². The molecule has 1 nitrogen and oxygen atoms in total. The maximum atomic E-state index is 14.6. The Bertz CT molecular complexity index is 804. The van der Waals surface area contributed by atoms with Crippen molar-refractivity contribution in [3.8, 4) is 6.07 Å². The summed E-state index contributed by atoms with van der Waals surface area (Å²) in [6.07, 6.45) is 6.55. The molecule has 3 heteroatoms. The minimum absolute atomic E-state index is 0.0736. The number of hydrogen-bond acceptors (Lipinski definition) is 1. The van der Waals surface area contributed by atoms with Gasteiger partial charge in [0, 0.05) is 0 Å². The van der Waals surface area contributed by atoms with E-state index in [1.807, 2.05) is 18.2 Å². The van der Waals surface area contributed by atoms with Crippen LogP contribution in [0.25, 0.3) is 0 Å². The third-order valence-corrected chi connectivity index (χ3v) is 5.21. The molecule has 0 bridgehead atoms. The third-order valence-electron chi connectivity index (χ3n) is 5.21. The summed E-state index contributed by atoms with van der Waals surface area (Å²) >= 11 is 0. The van der Waals surface area contributed by atoms with Crippen molar-refractivity contribution in [2.24, 2.45) is 0 Å². The van der Waals surface area contributed by atoms with Gasteiger partial charge in [-0.05, 0) is 78.5 Å². The molecule has 3 rings (SSSR count). The number of hydrogen-bond donors (Lipinski definition) is 0. The molecule has 0 amide bonds. The number of benzene rings is 2. The molecule has 1 aliphatic carbocycles. The van der Waals surface area contributed by atoms with Crippen molar-refractivity contribution < 1.29 is 8.78 Å². The first-order chi connectivity index (χ1) is 12.1. The number of fused-ring (bicyclic) bond motifs is 1. The number of unbranched alkanes of at least 4 members (excludes halogenated alkanes) is 2. The van der Waals surface area contributed by atoms with Gasteiger partial charge in [0.2, 0.25) is 0 Å². The summed E-state index contributed by atoms with van der Waals surface area (Å²) in [6.45, 7) is 2.16. The monoisotopic (exact) mass is 339 g/mol. The highest BCUT2D eigenvalue weighted by molar-refractivity contribution is 5.42. The topological polar surface area (TPSA) is 23.8 Å². The largest absolute Gasteiger partial charge is 0.207 e. The molecule has 0 saturated carbocycles. The average Bonchev–Trinajstić information content (AvgIpc) is 2.61. The molecule has 0 heterocycles. The first kappa shape index (κ1) is 17.6. The number of nitrogens with zero attached hydrogens (tertiary/aromatic N) is 1. The van der Waals surface area contributed by atoms with Crippen LogP contribution in [-0.2, 0) is 19.3 Å². The second-order valence-electron chi connectivity index (χ2n) is 6.97. The van der Waals surface area contributed by atoms with Crippen LogP contribution in [0.1, 0.15) is 66.3 Å². The highest BCUT2D eigenvalue weighted by Gasteiger charge is 2.24. The second kappa shape index (κ2) is 7.78. The molecule has 0 aromatic heterocycles. The normalized spacial score (nSPS) is 16.3. The Kier molecular flexibility index (Phi) is 5.48. The van der Waals surface area contributed by atoms with Gasteiger partial charge in [0.25, 0.3) is 0 Å². The van der Waals surface area contributed by atoms with E-state index in [1.165, 1.54) is 12.5 Å². The molecule has 0 spiro atoms. The summed E-state index contributed by atoms with van der Waals surface area (Å²) < 4.78 is 28.5. The molecule has 1 atom stereocenters. The predicted octanol–water partition coefficient (Wildman–Crippen LogP) is 5.84. The highest BCUT2D eigenvalue weighted by Crippen LogP contribution is 2.35. The molecule has 130 valence electrons.